The van der Waals surface area contributed by atoms with Gasteiger partial charge in [0.05, 0.1) is 55.4 Å². The van der Waals surface area contributed by atoms with Crippen molar-refractivity contribution in [2.45, 2.75) is 25.7 Å². The highest BCUT2D eigenvalue weighted by atomic mass is 15.3. The van der Waals surface area contributed by atoms with Crippen molar-refractivity contribution in [3.05, 3.63) is 35.4 Å². The lowest BCUT2D eigenvalue weighted by atomic mass is 9.94. The maximum Gasteiger partial charge on any atom is 0.0847 e. The van der Waals surface area contributed by atoms with E-state index >= 15 is 0 Å². The van der Waals surface area contributed by atoms with E-state index in [9.17, 15) is 0 Å². The van der Waals surface area contributed by atoms with Gasteiger partial charge in [0.2, 0.25) is 0 Å². The fourth-order valence-electron chi connectivity index (χ4n) is 3.01. The summed E-state index contributed by atoms with van der Waals surface area (Å²) in [5.74, 6) is 1.22. The first-order chi connectivity index (χ1) is 8.98. The van der Waals surface area contributed by atoms with Gasteiger partial charge >= 0.3 is 0 Å². The van der Waals surface area contributed by atoms with Gasteiger partial charge in [-0.2, -0.15) is 0 Å². The molecule has 1 aromatic rings. The predicted octanol–water partition coefficient (Wildman–Crippen LogP) is 3.31. The van der Waals surface area contributed by atoms with Crippen LogP contribution in [0.4, 0.5) is 0 Å². The zero-order valence-electron chi connectivity index (χ0n) is 14.8. The maximum atomic E-state index is 2.33. The average Bonchev–Trinajstić information content (AvgIpc) is 2.24. The molecule has 0 radical (unpaired) electrons. The molecule has 0 amide bonds. The van der Waals surface area contributed by atoms with Crippen molar-refractivity contribution in [3.8, 4) is 0 Å². The number of rotatable bonds is 6. The van der Waals surface area contributed by atoms with Crippen molar-refractivity contribution in [1.29, 1.82) is 0 Å². The molecule has 0 N–H and O–H groups in total. The summed E-state index contributed by atoms with van der Waals surface area (Å²) >= 11 is 0. The van der Waals surface area contributed by atoms with Crippen LogP contribution in [0.1, 0.15) is 36.8 Å². The lowest BCUT2D eigenvalue weighted by Crippen LogP contribution is -2.38. The van der Waals surface area contributed by atoms with Crippen molar-refractivity contribution >= 4 is 0 Å². The third-order valence-electron chi connectivity index (χ3n) is 3.72. The lowest BCUT2D eigenvalue weighted by molar-refractivity contribution is -0.871. The number of likely N-dealkylation sites (N-methyl/N-ethyl adjacent to an activating group) is 2. The molecule has 1 aromatic carbocycles. The molecule has 0 fully saturated rings. The van der Waals surface area contributed by atoms with Gasteiger partial charge in [-0.05, 0) is 11.1 Å². The maximum absolute atomic E-state index is 2.33. The standard InChI is InChI=1S/C18H34N2/c1-15(13-19(3,4)5)17-9-11-18(12-10-17)16(2)14-20(6,7)8/h9-12,15-16H,13-14H2,1-8H3/q+2. The molecule has 0 aliphatic carbocycles. The minimum absolute atomic E-state index is 0.609. The predicted molar refractivity (Wildman–Crippen MR) is 89.1 cm³/mol. The van der Waals surface area contributed by atoms with Crippen molar-refractivity contribution in [1.82, 2.24) is 0 Å². The number of hydrogen-bond acceptors (Lipinski definition) is 0. The van der Waals surface area contributed by atoms with Gasteiger partial charge in [-0.25, -0.2) is 0 Å². The van der Waals surface area contributed by atoms with Crippen LogP contribution in [0.3, 0.4) is 0 Å². The monoisotopic (exact) mass is 278 g/mol. The molecule has 0 spiro atoms. The quantitative estimate of drug-likeness (QED) is 0.700. The molecule has 2 unspecified atom stereocenters. The first-order valence-corrected chi connectivity index (χ1v) is 7.69. The largest absolute Gasteiger partial charge is 0.330 e. The van der Waals surface area contributed by atoms with Gasteiger partial charge in [-0.15, -0.1) is 0 Å². The van der Waals surface area contributed by atoms with E-state index in [0.717, 1.165) is 8.97 Å². The van der Waals surface area contributed by atoms with Crippen LogP contribution in [0.15, 0.2) is 24.3 Å². The smallest absolute Gasteiger partial charge is 0.0847 e. The second-order valence-corrected chi connectivity index (χ2v) is 8.41. The molecule has 2 atom stereocenters. The van der Waals surface area contributed by atoms with E-state index in [-0.39, 0.29) is 0 Å². The number of hydrogen-bond donors (Lipinski definition) is 0. The Balaban J connectivity index is 2.73. The summed E-state index contributed by atoms with van der Waals surface area (Å²) in [6.45, 7) is 7.00. The van der Waals surface area contributed by atoms with Gasteiger partial charge in [0.15, 0.2) is 0 Å². The molecular weight excluding hydrogens is 244 g/mol. The molecule has 0 aliphatic rings. The van der Waals surface area contributed by atoms with E-state index in [0.29, 0.717) is 11.8 Å². The fraction of sp³-hybridized carbons (Fsp3) is 0.667. The normalized spacial score (nSPS) is 16.0. The summed E-state index contributed by atoms with van der Waals surface area (Å²) in [5, 5.41) is 0. The van der Waals surface area contributed by atoms with E-state index in [1.165, 1.54) is 24.2 Å². The van der Waals surface area contributed by atoms with Gasteiger partial charge in [-0.1, -0.05) is 38.1 Å². The topological polar surface area (TPSA) is 0 Å². The first kappa shape index (κ1) is 17.2. The zero-order chi connectivity index (χ0) is 15.6. The molecular formula is C18H34N2+2. The highest BCUT2D eigenvalue weighted by Crippen LogP contribution is 2.22. The minimum atomic E-state index is 0.609. The average molecular weight is 278 g/mol. The molecule has 20 heavy (non-hydrogen) atoms. The van der Waals surface area contributed by atoms with Crippen LogP contribution in [0.5, 0.6) is 0 Å². The van der Waals surface area contributed by atoms with Crippen molar-refractivity contribution in [2.75, 3.05) is 55.4 Å². The summed E-state index contributed by atoms with van der Waals surface area (Å²) in [5.41, 5.74) is 2.92. The van der Waals surface area contributed by atoms with Crippen LogP contribution < -0.4 is 0 Å². The summed E-state index contributed by atoms with van der Waals surface area (Å²) in [7, 11) is 13.5. The summed E-state index contributed by atoms with van der Waals surface area (Å²) in [6, 6.07) is 9.28. The van der Waals surface area contributed by atoms with Gasteiger partial charge in [0.1, 0.15) is 0 Å². The Morgan fingerprint density at radius 2 is 0.900 bits per heavy atom. The number of benzene rings is 1. The second kappa shape index (κ2) is 6.28. The number of quaternary nitrogens is 2. The van der Waals surface area contributed by atoms with Gasteiger partial charge in [0, 0.05) is 11.8 Å². The van der Waals surface area contributed by atoms with E-state index < -0.39 is 0 Å². The second-order valence-electron chi connectivity index (χ2n) is 8.41. The molecule has 0 aliphatic heterocycles. The zero-order valence-corrected chi connectivity index (χ0v) is 14.8. The van der Waals surface area contributed by atoms with Crippen molar-refractivity contribution in [3.63, 3.8) is 0 Å². The lowest BCUT2D eigenvalue weighted by Gasteiger charge is -2.29. The van der Waals surface area contributed by atoms with Crippen LogP contribution >= 0.6 is 0 Å². The Morgan fingerprint density at radius 3 is 1.10 bits per heavy atom. The molecule has 0 saturated heterocycles. The molecule has 114 valence electrons. The Labute approximate surface area is 126 Å². The third-order valence-corrected chi connectivity index (χ3v) is 3.72. The van der Waals surface area contributed by atoms with E-state index in [1.807, 2.05) is 0 Å². The van der Waals surface area contributed by atoms with Gasteiger partial charge in [-0.3, -0.25) is 0 Å². The van der Waals surface area contributed by atoms with Crippen LogP contribution in [0, 0.1) is 0 Å². The minimum Gasteiger partial charge on any atom is -0.330 e. The molecule has 2 nitrogen and oxygen atoms in total. The SMILES string of the molecule is CC(C[N+](C)(C)C)c1ccc(C(C)C[N+](C)(C)C)cc1. The van der Waals surface area contributed by atoms with Crippen molar-refractivity contribution in [2.24, 2.45) is 0 Å². The van der Waals surface area contributed by atoms with Gasteiger partial charge in [0.25, 0.3) is 0 Å². The number of nitrogens with zero attached hydrogens (tertiary/aromatic N) is 2. The molecule has 2 heteroatoms. The Kier molecular flexibility index (Phi) is 5.39. The summed E-state index contributed by atoms with van der Waals surface area (Å²) in [6.07, 6.45) is 0. The molecule has 0 aromatic heterocycles. The van der Waals surface area contributed by atoms with E-state index in [1.54, 1.807) is 0 Å². The van der Waals surface area contributed by atoms with Gasteiger partial charge < -0.3 is 8.97 Å². The summed E-state index contributed by atoms with van der Waals surface area (Å²) in [4.78, 5) is 0. The van der Waals surface area contributed by atoms with Crippen LogP contribution in [-0.2, 0) is 0 Å². The van der Waals surface area contributed by atoms with E-state index in [4.69, 9.17) is 0 Å². The molecule has 0 saturated carbocycles. The van der Waals surface area contributed by atoms with Crippen LogP contribution in [0.25, 0.3) is 0 Å². The first-order valence-electron chi connectivity index (χ1n) is 7.69. The fourth-order valence-corrected chi connectivity index (χ4v) is 3.01. The highest BCUT2D eigenvalue weighted by Gasteiger charge is 2.18. The Bertz CT molecular complexity index is 366. The van der Waals surface area contributed by atoms with Crippen molar-refractivity contribution < 1.29 is 8.97 Å². The van der Waals surface area contributed by atoms with E-state index in [2.05, 4.69) is 80.4 Å². The highest BCUT2D eigenvalue weighted by molar-refractivity contribution is 5.27. The summed E-state index contributed by atoms with van der Waals surface area (Å²) < 4.78 is 2.03. The third kappa shape index (κ3) is 6.06. The molecule has 0 heterocycles. The molecule has 1 rings (SSSR count). The van der Waals surface area contributed by atoms with Crippen LogP contribution in [-0.4, -0.2) is 64.3 Å². The molecule has 0 bridgehead atoms. The Hall–Kier alpha value is -0.860. The van der Waals surface area contributed by atoms with Crippen LogP contribution in [0.2, 0.25) is 0 Å². The Morgan fingerprint density at radius 1 is 0.650 bits per heavy atom.